The van der Waals surface area contributed by atoms with Crippen LogP contribution in [0.3, 0.4) is 0 Å². The third-order valence-corrected chi connectivity index (χ3v) is 6.86. The summed E-state index contributed by atoms with van der Waals surface area (Å²) in [6.07, 6.45) is 1.33. The van der Waals surface area contributed by atoms with Crippen molar-refractivity contribution >= 4 is 80.2 Å². The Labute approximate surface area is 185 Å². The van der Waals surface area contributed by atoms with Crippen LogP contribution in [-0.4, -0.2) is 47.8 Å². The molecule has 3 aromatic carbocycles. The molecule has 0 aromatic heterocycles. The Bertz CT molecular complexity index is 1280. The summed E-state index contributed by atoms with van der Waals surface area (Å²) in [7, 11) is 4.44. The highest BCUT2D eigenvalue weighted by molar-refractivity contribution is 7.91. The maximum atomic E-state index is 14.4. The molecular weight excluding hydrogens is 409 g/mol. The van der Waals surface area contributed by atoms with Crippen molar-refractivity contribution in [1.29, 1.82) is 4.78 Å². The SMILES string of the molecule is Bc1c(B)c(-c2ccc(N)c(NC(=O)c3ccc(S(C)(=N)=O)cc3)c2)c(B)c(B)c1F. The molecule has 0 aliphatic heterocycles. The predicted octanol–water partition coefficient (Wildman–Crippen LogP) is -2.60. The van der Waals surface area contributed by atoms with Gasteiger partial charge in [-0.15, -0.1) is 0 Å². The van der Waals surface area contributed by atoms with E-state index in [1.165, 1.54) is 30.5 Å². The van der Waals surface area contributed by atoms with Crippen LogP contribution in [0.5, 0.6) is 0 Å². The van der Waals surface area contributed by atoms with Gasteiger partial charge in [0.25, 0.3) is 5.91 Å². The number of hydrogen-bond donors (Lipinski definition) is 3. The lowest BCUT2D eigenvalue weighted by molar-refractivity contribution is 0.102. The van der Waals surface area contributed by atoms with Crippen LogP contribution in [0.1, 0.15) is 10.4 Å². The van der Waals surface area contributed by atoms with Crippen LogP contribution in [0.25, 0.3) is 11.1 Å². The van der Waals surface area contributed by atoms with E-state index >= 15 is 0 Å². The first-order valence-corrected chi connectivity index (χ1v) is 11.7. The zero-order chi connectivity index (χ0) is 23.1. The number of nitrogens with two attached hydrogens (primary N) is 1. The van der Waals surface area contributed by atoms with Crippen LogP contribution in [0.2, 0.25) is 0 Å². The standard InChI is InChI=1S/C20H22B4FN3O2S/c1-31(27,30)11-5-2-9(3-6-11)20(29)28-13-8-10(4-7-12(13)26)14-15(21)17(23)19(25)18(24)16(14)22/h2-8,27H,21-24,26H2,1H3,(H,28,29). The van der Waals surface area contributed by atoms with Crippen LogP contribution >= 0.6 is 0 Å². The summed E-state index contributed by atoms with van der Waals surface area (Å²) in [5, 5.41) is 2.82. The van der Waals surface area contributed by atoms with Gasteiger partial charge in [-0.25, -0.2) is 13.4 Å². The monoisotopic (exact) mass is 431 g/mol. The first-order chi connectivity index (χ1) is 14.4. The molecule has 11 heteroatoms. The number of nitrogens with one attached hydrogen (secondary N) is 2. The van der Waals surface area contributed by atoms with Crippen molar-refractivity contribution in [1.82, 2.24) is 0 Å². The molecular formula is C20H22B4FN3O2S. The van der Waals surface area contributed by atoms with Crippen LogP contribution in [0.15, 0.2) is 47.4 Å². The minimum absolute atomic E-state index is 0.199. The van der Waals surface area contributed by atoms with Crippen molar-refractivity contribution in [2.45, 2.75) is 4.90 Å². The third-order valence-electron chi connectivity index (χ3n) is 5.69. The summed E-state index contributed by atoms with van der Waals surface area (Å²) in [6, 6.07) is 11.5. The molecule has 0 radical (unpaired) electrons. The molecule has 0 saturated carbocycles. The number of halogens is 1. The lowest BCUT2D eigenvalue weighted by Gasteiger charge is -2.19. The van der Waals surface area contributed by atoms with E-state index in [4.69, 9.17) is 10.5 Å². The van der Waals surface area contributed by atoms with Gasteiger partial charge in [0.1, 0.15) is 37.2 Å². The second-order valence-electron chi connectivity index (χ2n) is 7.81. The Hall–Kier alpha value is -2.93. The quantitative estimate of drug-likeness (QED) is 0.313. The topological polar surface area (TPSA) is 96.0 Å². The number of nitrogen functional groups attached to an aromatic ring is 1. The Kier molecular flexibility index (Phi) is 6.09. The number of rotatable bonds is 4. The van der Waals surface area contributed by atoms with Crippen molar-refractivity contribution in [3.8, 4) is 11.1 Å². The lowest BCUT2D eigenvalue weighted by Crippen LogP contribution is -2.45. The molecule has 0 spiro atoms. The Morgan fingerprint density at radius 2 is 1.55 bits per heavy atom. The highest BCUT2D eigenvalue weighted by atomic mass is 32.2. The molecule has 1 atom stereocenters. The molecule has 1 amide bonds. The molecule has 5 nitrogen and oxygen atoms in total. The third kappa shape index (κ3) is 4.42. The van der Waals surface area contributed by atoms with Gasteiger partial charge in [-0.1, -0.05) is 27.9 Å². The predicted molar refractivity (Wildman–Crippen MR) is 138 cm³/mol. The van der Waals surface area contributed by atoms with Gasteiger partial charge in [0, 0.05) is 16.7 Å². The maximum absolute atomic E-state index is 14.4. The van der Waals surface area contributed by atoms with Crippen LogP contribution in [-0.2, 0) is 9.73 Å². The molecule has 0 aliphatic rings. The van der Waals surface area contributed by atoms with E-state index in [2.05, 4.69) is 5.32 Å². The minimum atomic E-state index is -2.84. The number of benzene rings is 3. The molecule has 0 bridgehead atoms. The fraction of sp³-hybridized carbons (Fsp3) is 0.0500. The van der Waals surface area contributed by atoms with Crippen molar-refractivity contribution < 1.29 is 13.4 Å². The minimum Gasteiger partial charge on any atom is -0.397 e. The number of amides is 1. The Morgan fingerprint density at radius 3 is 2.06 bits per heavy atom. The molecule has 1 unspecified atom stereocenters. The molecule has 4 N–H and O–H groups in total. The molecule has 3 aromatic rings. The van der Waals surface area contributed by atoms with Gasteiger partial charge in [-0.05, 0) is 47.5 Å². The molecule has 0 aliphatic carbocycles. The lowest BCUT2D eigenvalue weighted by atomic mass is 9.65. The highest BCUT2D eigenvalue weighted by Crippen LogP contribution is 2.26. The largest absolute Gasteiger partial charge is 0.397 e. The van der Waals surface area contributed by atoms with E-state index in [1.807, 2.05) is 21.8 Å². The van der Waals surface area contributed by atoms with Crippen molar-refractivity contribution in [3.05, 3.63) is 53.8 Å². The molecule has 0 saturated heterocycles. The first-order valence-electron chi connectivity index (χ1n) is 9.72. The van der Waals surface area contributed by atoms with E-state index < -0.39 is 9.73 Å². The molecule has 154 valence electrons. The van der Waals surface area contributed by atoms with E-state index in [0.717, 1.165) is 22.1 Å². The van der Waals surface area contributed by atoms with Gasteiger partial charge in [0.2, 0.25) is 0 Å². The number of carbonyl (C=O) groups excluding carboxylic acids is 1. The van der Waals surface area contributed by atoms with E-state index in [0.29, 0.717) is 32.8 Å². The zero-order valence-corrected chi connectivity index (χ0v) is 19.0. The fourth-order valence-corrected chi connectivity index (χ4v) is 4.24. The zero-order valence-electron chi connectivity index (χ0n) is 18.2. The van der Waals surface area contributed by atoms with Crippen LogP contribution in [0, 0.1) is 10.6 Å². The second-order valence-corrected chi connectivity index (χ2v) is 9.97. The van der Waals surface area contributed by atoms with Gasteiger partial charge in [-0.3, -0.25) is 4.79 Å². The first kappa shape index (κ1) is 22.7. The Balaban J connectivity index is 1.99. The molecule has 31 heavy (non-hydrogen) atoms. The van der Waals surface area contributed by atoms with Gasteiger partial charge < -0.3 is 11.1 Å². The number of carbonyl (C=O) groups is 1. The van der Waals surface area contributed by atoms with Gasteiger partial charge >= 0.3 is 0 Å². The van der Waals surface area contributed by atoms with Crippen LogP contribution in [0.4, 0.5) is 15.8 Å². The Morgan fingerprint density at radius 1 is 1.00 bits per heavy atom. The van der Waals surface area contributed by atoms with Crippen molar-refractivity contribution in [2.24, 2.45) is 0 Å². The van der Waals surface area contributed by atoms with E-state index in [9.17, 15) is 13.4 Å². The average molecular weight is 431 g/mol. The smallest absolute Gasteiger partial charge is 0.255 e. The number of anilines is 2. The summed E-state index contributed by atoms with van der Waals surface area (Å²) in [5.41, 5.74) is 12.0. The molecule has 3 rings (SSSR count). The molecule has 0 fully saturated rings. The van der Waals surface area contributed by atoms with Gasteiger partial charge in [0.05, 0.1) is 21.1 Å². The van der Waals surface area contributed by atoms with Crippen LogP contribution < -0.4 is 32.9 Å². The summed E-state index contributed by atoms with van der Waals surface area (Å²) >= 11 is 0. The summed E-state index contributed by atoms with van der Waals surface area (Å²) in [6.45, 7) is 0. The summed E-state index contributed by atoms with van der Waals surface area (Å²) in [4.78, 5) is 13.1. The van der Waals surface area contributed by atoms with E-state index in [1.54, 1.807) is 27.8 Å². The summed E-state index contributed by atoms with van der Waals surface area (Å²) in [5.74, 6) is -0.572. The van der Waals surface area contributed by atoms with E-state index in [-0.39, 0.29) is 11.7 Å². The maximum Gasteiger partial charge on any atom is 0.255 e. The van der Waals surface area contributed by atoms with Crippen molar-refractivity contribution in [3.63, 3.8) is 0 Å². The summed E-state index contributed by atoms with van der Waals surface area (Å²) < 4.78 is 33.9. The van der Waals surface area contributed by atoms with Gasteiger partial charge in [0.15, 0.2) is 0 Å². The van der Waals surface area contributed by atoms with Crippen molar-refractivity contribution in [2.75, 3.05) is 17.3 Å². The fourth-order valence-electron chi connectivity index (χ4n) is 3.58. The molecule has 0 heterocycles. The highest BCUT2D eigenvalue weighted by Gasteiger charge is 2.17. The number of hydrogen-bond acceptors (Lipinski definition) is 4. The van der Waals surface area contributed by atoms with Gasteiger partial charge in [-0.2, -0.15) is 0 Å². The normalized spacial score (nSPS) is 12.8. The second kappa shape index (κ2) is 8.30. The average Bonchev–Trinajstić information content (AvgIpc) is 2.72.